The minimum Gasteiger partial charge on any atom is -0.480 e. The van der Waals surface area contributed by atoms with Gasteiger partial charge in [-0.1, -0.05) is 31.5 Å². The van der Waals surface area contributed by atoms with Gasteiger partial charge < -0.3 is 10.4 Å². The highest BCUT2D eigenvalue weighted by atomic mass is 16.4. The van der Waals surface area contributed by atoms with Gasteiger partial charge in [-0.3, -0.25) is 4.79 Å². The molecule has 0 aliphatic heterocycles. The van der Waals surface area contributed by atoms with Crippen LogP contribution in [0.3, 0.4) is 0 Å². The van der Waals surface area contributed by atoms with E-state index in [9.17, 15) is 14.7 Å². The van der Waals surface area contributed by atoms with Crippen molar-refractivity contribution in [2.45, 2.75) is 52.5 Å². The summed E-state index contributed by atoms with van der Waals surface area (Å²) in [6.45, 7) is 5.58. The van der Waals surface area contributed by atoms with Gasteiger partial charge in [-0.25, -0.2) is 9.48 Å². The average molecular weight is 355 g/mol. The third kappa shape index (κ3) is 3.49. The van der Waals surface area contributed by atoms with Crippen molar-refractivity contribution >= 4 is 11.9 Å². The molecule has 0 saturated carbocycles. The number of benzene rings is 1. The van der Waals surface area contributed by atoms with Crippen LogP contribution >= 0.6 is 0 Å². The molecule has 0 bridgehead atoms. The molecule has 1 aromatic heterocycles. The SMILES string of the molecule is Cc1ccc(-n2nc(C(=O)NC(C(=O)O)C(C)C)c3c2CCCC3)cc1. The standard InChI is InChI=1S/C20H25N3O3/c1-12(2)17(20(25)26)21-19(24)18-15-6-4-5-7-16(15)23(22-18)14-10-8-13(3)9-11-14/h8-12,17H,4-7H2,1-3H3,(H,21,24)(H,25,26). The van der Waals surface area contributed by atoms with Crippen molar-refractivity contribution in [3.05, 3.63) is 46.8 Å². The number of aryl methyl sites for hydroxylation is 1. The van der Waals surface area contributed by atoms with Gasteiger partial charge in [0.15, 0.2) is 5.69 Å². The summed E-state index contributed by atoms with van der Waals surface area (Å²) in [6, 6.07) is 7.10. The maximum Gasteiger partial charge on any atom is 0.326 e. The topological polar surface area (TPSA) is 84.2 Å². The highest BCUT2D eigenvalue weighted by Gasteiger charge is 2.29. The van der Waals surface area contributed by atoms with Crippen molar-refractivity contribution < 1.29 is 14.7 Å². The van der Waals surface area contributed by atoms with Gasteiger partial charge in [0.25, 0.3) is 5.91 Å². The number of aromatic nitrogens is 2. The maximum absolute atomic E-state index is 12.8. The molecule has 1 unspecified atom stereocenters. The summed E-state index contributed by atoms with van der Waals surface area (Å²) in [4.78, 5) is 24.2. The second-order valence-electron chi connectivity index (χ2n) is 7.26. The van der Waals surface area contributed by atoms with Crippen LogP contribution in [0.15, 0.2) is 24.3 Å². The summed E-state index contributed by atoms with van der Waals surface area (Å²) in [6.07, 6.45) is 3.74. The first-order valence-electron chi connectivity index (χ1n) is 9.10. The molecule has 1 amide bonds. The van der Waals surface area contributed by atoms with E-state index < -0.39 is 17.9 Å². The monoisotopic (exact) mass is 355 g/mol. The zero-order valence-electron chi connectivity index (χ0n) is 15.5. The Morgan fingerprint density at radius 3 is 2.42 bits per heavy atom. The lowest BCUT2D eigenvalue weighted by molar-refractivity contribution is -0.140. The Balaban J connectivity index is 1.98. The van der Waals surface area contributed by atoms with Crippen LogP contribution in [-0.2, 0) is 17.6 Å². The molecular weight excluding hydrogens is 330 g/mol. The number of hydrogen-bond acceptors (Lipinski definition) is 3. The number of aliphatic carboxylic acids is 1. The summed E-state index contributed by atoms with van der Waals surface area (Å²) >= 11 is 0. The first kappa shape index (κ1) is 18.2. The molecule has 1 aliphatic carbocycles. The summed E-state index contributed by atoms with van der Waals surface area (Å²) < 4.78 is 1.84. The second kappa shape index (κ2) is 7.32. The first-order valence-corrected chi connectivity index (χ1v) is 9.10. The molecule has 6 nitrogen and oxygen atoms in total. The van der Waals surface area contributed by atoms with Crippen LogP contribution in [0.5, 0.6) is 0 Å². The van der Waals surface area contributed by atoms with E-state index in [0.717, 1.165) is 48.2 Å². The van der Waals surface area contributed by atoms with Crippen molar-refractivity contribution in [1.82, 2.24) is 15.1 Å². The molecule has 2 aromatic rings. The van der Waals surface area contributed by atoms with Gasteiger partial charge in [0.2, 0.25) is 0 Å². The molecule has 0 saturated heterocycles. The van der Waals surface area contributed by atoms with Gasteiger partial charge >= 0.3 is 5.97 Å². The summed E-state index contributed by atoms with van der Waals surface area (Å²) in [5.41, 5.74) is 4.44. The van der Waals surface area contributed by atoms with Crippen LogP contribution in [0.4, 0.5) is 0 Å². The molecule has 138 valence electrons. The molecular formula is C20H25N3O3. The van der Waals surface area contributed by atoms with E-state index in [1.54, 1.807) is 13.8 Å². The molecule has 1 aromatic carbocycles. The van der Waals surface area contributed by atoms with E-state index in [4.69, 9.17) is 0 Å². The Kier molecular flexibility index (Phi) is 5.11. The Hall–Kier alpha value is -2.63. The lowest BCUT2D eigenvalue weighted by atomic mass is 9.95. The third-order valence-electron chi connectivity index (χ3n) is 4.89. The van der Waals surface area contributed by atoms with E-state index in [2.05, 4.69) is 10.4 Å². The van der Waals surface area contributed by atoms with E-state index in [1.807, 2.05) is 35.9 Å². The van der Waals surface area contributed by atoms with Crippen LogP contribution in [0.25, 0.3) is 5.69 Å². The highest BCUT2D eigenvalue weighted by Crippen LogP contribution is 2.27. The van der Waals surface area contributed by atoms with Crippen molar-refractivity contribution in [2.24, 2.45) is 5.92 Å². The van der Waals surface area contributed by atoms with Gasteiger partial charge in [-0.2, -0.15) is 5.10 Å². The van der Waals surface area contributed by atoms with E-state index in [-0.39, 0.29) is 5.92 Å². The van der Waals surface area contributed by atoms with E-state index in [1.165, 1.54) is 0 Å². The third-order valence-corrected chi connectivity index (χ3v) is 4.89. The van der Waals surface area contributed by atoms with Crippen molar-refractivity contribution in [1.29, 1.82) is 0 Å². The van der Waals surface area contributed by atoms with Crippen LogP contribution in [-0.4, -0.2) is 32.8 Å². The fourth-order valence-electron chi connectivity index (χ4n) is 3.40. The average Bonchev–Trinajstić information content (AvgIpc) is 2.99. The number of amides is 1. The fraction of sp³-hybridized carbons (Fsp3) is 0.450. The van der Waals surface area contributed by atoms with Crippen LogP contribution < -0.4 is 5.32 Å². The van der Waals surface area contributed by atoms with Crippen LogP contribution in [0.1, 0.15) is 54.0 Å². The number of carbonyl (C=O) groups is 2. The minimum atomic E-state index is -1.03. The van der Waals surface area contributed by atoms with E-state index in [0.29, 0.717) is 5.69 Å². The maximum atomic E-state index is 12.8. The minimum absolute atomic E-state index is 0.202. The molecule has 1 heterocycles. The number of fused-ring (bicyclic) bond motifs is 1. The normalized spacial score (nSPS) is 14.8. The van der Waals surface area contributed by atoms with Gasteiger partial charge in [-0.05, 0) is 50.7 Å². The smallest absolute Gasteiger partial charge is 0.326 e. The predicted octanol–water partition coefficient (Wildman–Crippen LogP) is 2.90. The molecule has 1 aliphatic rings. The summed E-state index contributed by atoms with van der Waals surface area (Å²) in [5, 5.41) is 16.6. The number of carboxylic acid groups (broad SMARTS) is 1. The van der Waals surface area contributed by atoms with Gasteiger partial charge in [0.1, 0.15) is 6.04 Å². The Bertz CT molecular complexity index is 822. The predicted molar refractivity (Wildman–Crippen MR) is 98.7 cm³/mol. The highest BCUT2D eigenvalue weighted by molar-refractivity contribution is 5.96. The largest absolute Gasteiger partial charge is 0.480 e. The number of rotatable bonds is 5. The molecule has 0 fully saturated rings. The molecule has 1 atom stereocenters. The first-order chi connectivity index (χ1) is 12.4. The molecule has 26 heavy (non-hydrogen) atoms. The number of nitrogens with one attached hydrogen (secondary N) is 1. The van der Waals surface area contributed by atoms with Crippen molar-refractivity contribution in [3.63, 3.8) is 0 Å². The number of nitrogens with zero attached hydrogens (tertiary/aromatic N) is 2. The van der Waals surface area contributed by atoms with Crippen molar-refractivity contribution in [3.8, 4) is 5.69 Å². The van der Waals surface area contributed by atoms with E-state index >= 15 is 0 Å². The zero-order chi connectivity index (χ0) is 18.8. The lowest BCUT2D eigenvalue weighted by Gasteiger charge is -2.18. The number of carboxylic acids is 1. The summed E-state index contributed by atoms with van der Waals surface area (Å²) in [7, 11) is 0. The Labute approximate surface area is 153 Å². The van der Waals surface area contributed by atoms with Crippen LogP contribution in [0, 0.1) is 12.8 Å². The van der Waals surface area contributed by atoms with Crippen LogP contribution in [0.2, 0.25) is 0 Å². The molecule has 0 radical (unpaired) electrons. The quantitative estimate of drug-likeness (QED) is 0.864. The van der Waals surface area contributed by atoms with Crippen molar-refractivity contribution in [2.75, 3.05) is 0 Å². The van der Waals surface area contributed by atoms with Gasteiger partial charge in [-0.15, -0.1) is 0 Å². The number of hydrogen-bond donors (Lipinski definition) is 2. The molecule has 2 N–H and O–H groups in total. The summed E-state index contributed by atoms with van der Waals surface area (Å²) in [5.74, 6) is -1.64. The zero-order valence-corrected chi connectivity index (χ0v) is 15.5. The molecule has 3 rings (SSSR count). The second-order valence-corrected chi connectivity index (χ2v) is 7.26. The molecule has 0 spiro atoms. The Morgan fingerprint density at radius 1 is 1.15 bits per heavy atom. The lowest BCUT2D eigenvalue weighted by Crippen LogP contribution is -2.44. The number of carbonyl (C=O) groups excluding carboxylic acids is 1. The van der Waals surface area contributed by atoms with Gasteiger partial charge in [0, 0.05) is 11.3 Å². The van der Waals surface area contributed by atoms with Gasteiger partial charge in [0.05, 0.1) is 5.69 Å². The fourth-order valence-corrected chi connectivity index (χ4v) is 3.40. The Morgan fingerprint density at radius 2 is 1.81 bits per heavy atom. The molecule has 6 heteroatoms.